The van der Waals surface area contributed by atoms with Gasteiger partial charge in [0.05, 0.1) is 51.5 Å². The van der Waals surface area contributed by atoms with Crippen LogP contribution in [0.3, 0.4) is 0 Å². The summed E-state index contributed by atoms with van der Waals surface area (Å²) < 4.78 is 11.6. The summed E-state index contributed by atoms with van der Waals surface area (Å²) in [4.78, 5) is 24.9. The lowest BCUT2D eigenvalue weighted by Crippen LogP contribution is -2.37. The van der Waals surface area contributed by atoms with Gasteiger partial charge in [0.15, 0.2) is 5.88 Å². The molecule has 1 aliphatic heterocycles. The number of morpholine rings is 1. The van der Waals surface area contributed by atoms with E-state index in [2.05, 4.69) is 35.8 Å². The van der Waals surface area contributed by atoms with Gasteiger partial charge >= 0.3 is 0 Å². The average Bonchev–Trinajstić information content (AvgIpc) is 3.15. The minimum absolute atomic E-state index is 0. The van der Waals surface area contributed by atoms with E-state index in [9.17, 15) is 15.2 Å². The van der Waals surface area contributed by atoms with Gasteiger partial charge in [0.2, 0.25) is 0 Å². The highest BCUT2D eigenvalue weighted by atomic mass is 79.9. The Labute approximate surface area is 227 Å². The standard InChI is InChI=1S/C23H22BrN5O5.2ClH/c24-17-12-19-16(11-20(17)29(31)32)21(23(30)27-19)22-15-3-2-14(10-18(15)25-13-26-22)34-7-1-4-28-5-8-33-9-6-28;;/h2-3,10-13,27,30H,1,4-9H2;2*1H. The third-order valence-corrected chi connectivity index (χ3v) is 6.51. The van der Waals surface area contributed by atoms with Gasteiger partial charge in [-0.2, -0.15) is 0 Å². The highest BCUT2D eigenvalue weighted by Gasteiger charge is 2.22. The van der Waals surface area contributed by atoms with Crippen LogP contribution in [0.4, 0.5) is 5.69 Å². The molecule has 4 aromatic rings. The Balaban J connectivity index is 0.00000180. The van der Waals surface area contributed by atoms with E-state index >= 15 is 0 Å². The lowest BCUT2D eigenvalue weighted by Gasteiger charge is -2.26. The van der Waals surface area contributed by atoms with Crippen molar-refractivity contribution in [2.45, 2.75) is 6.42 Å². The second-order valence-corrected chi connectivity index (χ2v) is 8.87. The van der Waals surface area contributed by atoms with Crippen LogP contribution in [0.1, 0.15) is 6.42 Å². The van der Waals surface area contributed by atoms with Gasteiger partial charge in [-0.3, -0.25) is 15.0 Å². The zero-order valence-corrected chi connectivity index (χ0v) is 22.2. The molecule has 13 heteroatoms. The number of hydrogen-bond acceptors (Lipinski definition) is 8. The van der Waals surface area contributed by atoms with Gasteiger partial charge in [-0.1, -0.05) is 0 Å². The molecule has 0 radical (unpaired) electrons. The van der Waals surface area contributed by atoms with Crippen LogP contribution in [0, 0.1) is 10.1 Å². The number of nitrogens with zero attached hydrogens (tertiary/aromatic N) is 4. The summed E-state index contributed by atoms with van der Waals surface area (Å²) >= 11 is 3.21. The van der Waals surface area contributed by atoms with Crippen molar-refractivity contribution in [3.05, 3.63) is 51.2 Å². The Hall–Kier alpha value is -2.70. The van der Waals surface area contributed by atoms with Crippen LogP contribution in [-0.2, 0) is 4.74 Å². The monoisotopic (exact) mass is 599 g/mol. The Bertz CT molecular complexity index is 1380. The van der Waals surface area contributed by atoms with Crippen LogP contribution < -0.4 is 4.74 Å². The second kappa shape index (κ2) is 12.0. The Kier molecular flexibility index (Phi) is 9.31. The molecule has 5 rings (SSSR count). The van der Waals surface area contributed by atoms with E-state index < -0.39 is 4.92 Å². The minimum Gasteiger partial charge on any atom is -0.494 e. The summed E-state index contributed by atoms with van der Waals surface area (Å²) in [7, 11) is 0. The number of nitro groups is 1. The van der Waals surface area contributed by atoms with Crippen molar-refractivity contribution in [2.75, 3.05) is 39.5 Å². The highest BCUT2D eigenvalue weighted by molar-refractivity contribution is 9.10. The molecular weight excluding hydrogens is 577 g/mol. The molecule has 0 bridgehead atoms. The molecule has 0 saturated carbocycles. The smallest absolute Gasteiger partial charge is 0.284 e. The van der Waals surface area contributed by atoms with Crippen LogP contribution >= 0.6 is 40.7 Å². The SMILES string of the molecule is Cl.Cl.O=[N+]([O-])c1cc2c(-c3ncnc4cc(OCCCN5CCOCC5)ccc34)c(O)[nH]c2cc1Br. The van der Waals surface area contributed by atoms with E-state index in [0.717, 1.165) is 39.3 Å². The van der Waals surface area contributed by atoms with Gasteiger partial charge in [-0.05, 0) is 40.5 Å². The number of halogens is 3. The number of H-pyrrole nitrogens is 1. The Morgan fingerprint density at radius 2 is 1.94 bits per heavy atom. The molecule has 0 spiro atoms. The third kappa shape index (κ3) is 5.65. The Morgan fingerprint density at radius 3 is 2.69 bits per heavy atom. The van der Waals surface area contributed by atoms with Crippen molar-refractivity contribution in [2.24, 2.45) is 0 Å². The summed E-state index contributed by atoms with van der Waals surface area (Å²) in [5, 5.41) is 23.3. The molecule has 1 aliphatic rings. The highest BCUT2D eigenvalue weighted by Crippen LogP contribution is 2.42. The second-order valence-electron chi connectivity index (χ2n) is 8.01. The van der Waals surface area contributed by atoms with Crippen LogP contribution in [0.15, 0.2) is 41.1 Å². The molecule has 0 amide bonds. The topological polar surface area (TPSA) is 127 Å². The molecule has 2 aromatic heterocycles. The summed E-state index contributed by atoms with van der Waals surface area (Å²) in [5.41, 5.74) is 1.97. The lowest BCUT2D eigenvalue weighted by atomic mass is 10.0. The van der Waals surface area contributed by atoms with E-state index in [1.807, 2.05) is 18.2 Å². The molecule has 192 valence electrons. The zero-order valence-electron chi connectivity index (χ0n) is 19.0. The Morgan fingerprint density at radius 1 is 1.17 bits per heavy atom. The first-order valence-electron chi connectivity index (χ1n) is 10.9. The van der Waals surface area contributed by atoms with Gasteiger partial charge in [-0.25, -0.2) is 9.97 Å². The molecule has 1 saturated heterocycles. The first-order valence-corrected chi connectivity index (χ1v) is 11.7. The van der Waals surface area contributed by atoms with Crippen molar-refractivity contribution < 1.29 is 19.5 Å². The van der Waals surface area contributed by atoms with E-state index in [1.54, 1.807) is 6.07 Å². The van der Waals surface area contributed by atoms with Crippen molar-refractivity contribution in [3.8, 4) is 22.9 Å². The number of ether oxygens (including phenoxy) is 2. The molecule has 2 N–H and O–H groups in total. The van der Waals surface area contributed by atoms with Crippen molar-refractivity contribution in [1.82, 2.24) is 19.9 Å². The minimum atomic E-state index is -0.474. The molecule has 0 aliphatic carbocycles. The first-order chi connectivity index (χ1) is 16.5. The fraction of sp³-hybridized carbons (Fsp3) is 0.304. The number of aromatic amines is 1. The number of fused-ring (bicyclic) bond motifs is 2. The molecular formula is C23H24BrCl2N5O5. The summed E-state index contributed by atoms with van der Waals surface area (Å²) in [6.07, 6.45) is 2.32. The van der Waals surface area contributed by atoms with E-state index in [1.165, 1.54) is 12.4 Å². The maximum absolute atomic E-state index is 11.4. The molecule has 10 nitrogen and oxygen atoms in total. The lowest BCUT2D eigenvalue weighted by molar-refractivity contribution is -0.385. The zero-order chi connectivity index (χ0) is 23.7. The molecule has 0 unspecified atom stereocenters. The van der Waals surface area contributed by atoms with Crippen molar-refractivity contribution in [3.63, 3.8) is 0 Å². The first kappa shape index (κ1) is 27.9. The number of rotatable bonds is 7. The third-order valence-electron chi connectivity index (χ3n) is 5.88. The van der Waals surface area contributed by atoms with Crippen LogP contribution in [0.25, 0.3) is 33.1 Å². The van der Waals surface area contributed by atoms with E-state index in [4.69, 9.17) is 9.47 Å². The summed E-state index contributed by atoms with van der Waals surface area (Å²) in [6.45, 7) is 5.02. The van der Waals surface area contributed by atoms with Crippen LogP contribution in [0.5, 0.6) is 11.6 Å². The van der Waals surface area contributed by atoms with E-state index in [0.29, 0.717) is 49.9 Å². The number of nitrogens with one attached hydrogen (secondary N) is 1. The van der Waals surface area contributed by atoms with Gasteiger partial charge in [0.25, 0.3) is 5.69 Å². The van der Waals surface area contributed by atoms with Crippen molar-refractivity contribution in [1.29, 1.82) is 0 Å². The maximum Gasteiger partial charge on any atom is 0.284 e. The summed E-state index contributed by atoms with van der Waals surface area (Å²) in [5.74, 6) is 0.577. The number of nitro benzene ring substituents is 1. The maximum atomic E-state index is 11.4. The van der Waals surface area contributed by atoms with Gasteiger partial charge in [0.1, 0.15) is 12.1 Å². The molecule has 3 heterocycles. The largest absolute Gasteiger partial charge is 0.494 e. The van der Waals surface area contributed by atoms with Gasteiger partial charge in [-0.15, -0.1) is 24.8 Å². The molecule has 2 aromatic carbocycles. The predicted octanol–water partition coefficient (Wildman–Crippen LogP) is 5.10. The quantitative estimate of drug-likeness (QED) is 0.170. The van der Waals surface area contributed by atoms with Gasteiger partial charge < -0.3 is 19.6 Å². The summed E-state index contributed by atoms with van der Waals surface area (Å²) in [6, 6.07) is 8.51. The van der Waals surface area contributed by atoms with Crippen LogP contribution in [-0.4, -0.2) is 69.3 Å². The fourth-order valence-electron chi connectivity index (χ4n) is 4.20. The number of hydrogen-bond donors (Lipinski definition) is 2. The number of aromatic nitrogens is 3. The van der Waals surface area contributed by atoms with Crippen LogP contribution in [0.2, 0.25) is 0 Å². The normalized spacial score (nSPS) is 13.8. The van der Waals surface area contributed by atoms with Gasteiger partial charge in [0, 0.05) is 42.5 Å². The number of aromatic hydroxyl groups is 1. The van der Waals surface area contributed by atoms with E-state index in [-0.39, 0.29) is 36.4 Å². The van der Waals surface area contributed by atoms with Crippen molar-refractivity contribution >= 4 is 68.2 Å². The molecule has 36 heavy (non-hydrogen) atoms. The molecule has 1 fully saturated rings. The fourth-order valence-corrected chi connectivity index (χ4v) is 4.69. The molecule has 0 atom stereocenters. The predicted molar refractivity (Wildman–Crippen MR) is 145 cm³/mol. The average molecular weight is 601 g/mol. The number of benzene rings is 2.